The monoisotopic (exact) mass is 304 g/mol. The molecule has 4 atom stereocenters. The molecule has 2 saturated carbocycles. The summed E-state index contributed by atoms with van der Waals surface area (Å²) in [4.78, 5) is 0. The molecule has 2 aliphatic carbocycles. The summed E-state index contributed by atoms with van der Waals surface area (Å²) in [5.74, 6) is 1.00. The third kappa shape index (κ3) is 3.72. The van der Waals surface area contributed by atoms with Crippen LogP contribution >= 0.6 is 0 Å². The van der Waals surface area contributed by atoms with Crippen molar-refractivity contribution >= 4 is 0 Å². The Kier molecular flexibility index (Phi) is 5.03. The van der Waals surface area contributed by atoms with Gasteiger partial charge in [-0.1, -0.05) is 42.9 Å². The Bertz CT molecular complexity index is 480. The molecular weight excluding hydrogens is 272 g/mol. The van der Waals surface area contributed by atoms with Crippen molar-refractivity contribution in [1.82, 2.24) is 0 Å². The molecule has 0 heterocycles. The first-order valence-electron chi connectivity index (χ1n) is 8.57. The molecule has 124 valence electrons. The summed E-state index contributed by atoms with van der Waals surface area (Å²) in [5.41, 5.74) is 1.96. The van der Waals surface area contributed by atoms with Crippen LogP contribution in [0.5, 0.6) is 0 Å². The number of fused-ring (bicyclic) bond motifs is 1. The number of allylic oxidation sites excluding steroid dienone is 4. The van der Waals surface area contributed by atoms with Crippen LogP contribution in [-0.2, 0) is 0 Å². The van der Waals surface area contributed by atoms with Crippen LogP contribution in [0.2, 0.25) is 0 Å². The highest BCUT2D eigenvalue weighted by atomic mass is 16.3. The molecule has 0 aliphatic heterocycles. The van der Waals surface area contributed by atoms with E-state index in [0.717, 1.165) is 32.1 Å². The quantitative estimate of drug-likeness (QED) is 0.599. The molecule has 2 heteroatoms. The highest BCUT2D eigenvalue weighted by Crippen LogP contribution is 2.54. The molecule has 2 rings (SSSR count). The molecule has 2 N–H and O–H groups in total. The maximum absolute atomic E-state index is 10.4. The van der Waals surface area contributed by atoms with Crippen LogP contribution in [0.3, 0.4) is 0 Å². The Balaban J connectivity index is 2.09. The lowest BCUT2D eigenvalue weighted by Crippen LogP contribution is -2.47. The summed E-state index contributed by atoms with van der Waals surface area (Å²) < 4.78 is 0. The van der Waals surface area contributed by atoms with Crippen molar-refractivity contribution in [3.05, 3.63) is 36.0 Å². The number of aliphatic hydroxyl groups is 2. The summed E-state index contributed by atoms with van der Waals surface area (Å²) in [6.45, 7) is 12.3. The average molecular weight is 304 g/mol. The van der Waals surface area contributed by atoms with Crippen molar-refractivity contribution in [3.8, 4) is 0 Å². The van der Waals surface area contributed by atoms with E-state index in [-0.39, 0.29) is 11.5 Å². The Morgan fingerprint density at radius 2 is 2.05 bits per heavy atom. The van der Waals surface area contributed by atoms with E-state index < -0.39 is 5.60 Å². The van der Waals surface area contributed by atoms with Crippen LogP contribution in [0.4, 0.5) is 0 Å². The molecule has 0 radical (unpaired) electrons. The zero-order valence-electron chi connectivity index (χ0n) is 14.6. The van der Waals surface area contributed by atoms with Gasteiger partial charge in [0, 0.05) is 5.41 Å². The Hall–Kier alpha value is -0.860. The molecular formula is C20H32O2. The fraction of sp³-hybridized carbons (Fsp3) is 0.700. The lowest BCUT2D eigenvalue weighted by molar-refractivity contribution is -0.0506. The highest BCUT2D eigenvalue weighted by molar-refractivity contribution is 5.21. The topological polar surface area (TPSA) is 40.5 Å². The van der Waals surface area contributed by atoms with Gasteiger partial charge in [-0.05, 0) is 64.7 Å². The van der Waals surface area contributed by atoms with Gasteiger partial charge in [-0.2, -0.15) is 0 Å². The van der Waals surface area contributed by atoms with E-state index in [1.54, 1.807) is 13.8 Å². The zero-order chi connectivity index (χ0) is 16.5. The van der Waals surface area contributed by atoms with Crippen LogP contribution in [0, 0.1) is 17.3 Å². The number of aliphatic hydroxyl groups excluding tert-OH is 1. The fourth-order valence-electron chi connectivity index (χ4n) is 4.17. The number of hydrogen-bond donors (Lipinski definition) is 2. The molecule has 2 nitrogen and oxygen atoms in total. The molecule has 0 bridgehead atoms. The summed E-state index contributed by atoms with van der Waals surface area (Å²) in [6.07, 6.45) is 10.9. The Morgan fingerprint density at radius 1 is 1.36 bits per heavy atom. The van der Waals surface area contributed by atoms with E-state index in [2.05, 4.69) is 26.5 Å². The normalized spacial score (nSPS) is 37.5. The van der Waals surface area contributed by atoms with Crippen molar-refractivity contribution in [2.75, 3.05) is 0 Å². The predicted molar refractivity (Wildman–Crippen MR) is 92.5 cm³/mol. The predicted octanol–water partition coefficient (Wildman–Crippen LogP) is 4.39. The maximum atomic E-state index is 10.4. The van der Waals surface area contributed by atoms with E-state index in [0.29, 0.717) is 11.8 Å². The zero-order valence-corrected chi connectivity index (χ0v) is 14.6. The second kappa shape index (κ2) is 6.33. The number of rotatable bonds is 3. The molecule has 2 fully saturated rings. The highest BCUT2D eigenvalue weighted by Gasteiger charge is 2.48. The van der Waals surface area contributed by atoms with E-state index in [9.17, 15) is 10.2 Å². The van der Waals surface area contributed by atoms with E-state index in [1.807, 2.05) is 12.2 Å². The first kappa shape index (κ1) is 17.5. The van der Waals surface area contributed by atoms with Gasteiger partial charge in [0.25, 0.3) is 0 Å². The smallest absolute Gasteiger partial charge is 0.0774 e. The van der Waals surface area contributed by atoms with Crippen molar-refractivity contribution in [1.29, 1.82) is 0 Å². The van der Waals surface area contributed by atoms with Gasteiger partial charge in [0.1, 0.15) is 0 Å². The summed E-state index contributed by atoms with van der Waals surface area (Å²) in [5, 5.41) is 20.2. The first-order chi connectivity index (χ1) is 10.1. The van der Waals surface area contributed by atoms with Crippen molar-refractivity contribution < 1.29 is 10.2 Å². The van der Waals surface area contributed by atoms with Gasteiger partial charge in [0.2, 0.25) is 0 Å². The molecule has 2 aliphatic rings. The molecule has 0 aromatic heterocycles. The Labute approximate surface area is 135 Å². The molecule has 0 unspecified atom stereocenters. The van der Waals surface area contributed by atoms with Gasteiger partial charge in [0.15, 0.2) is 0 Å². The minimum atomic E-state index is -0.760. The molecule has 0 amide bonds. The third-order valence-electron chi connectivity index (χ3n) is 5.85. The molecule has 0 aromatic rings. The fourth-order valence-corrected chi connectivity index (χ4v) is 4.17. The summed E-state index contributed by atoms with van der Waals surface area (Å²) >= 11 is 0. The van der Waals surface area contributed by atoms with Crippen LogP contribution < -0.4 is 0 Å². The van der Waals surface area contributed by atoms with Crippen molar-refractivity contribution in [3.63, 3.8) is 0 Å². The largest absolute Gasteiger partial charge is 0.393 e. The van der Waals surface area contributed by atoms with Gasteiger partial charge in [-0.3, -0.25) is 0 Å². The van der Waals surface area contributed by atoms with Gasteiger partial charge < -0.3 is 10.2 Å². The van der Waals surface area contributed by atoms with Crippen LogP contribution in [0.15, 0.2) is 36.0 Å². The summed E-state index contributed by atoms with van der Waals surface area (Å²) in [6, 6.07) is 0. The van der Waals surface area contributed by atoms with E-state index in [1.165, 1.54) is 11.1 Å². The Morgan fingerprint density at radius 3 is 2.68 bits per heavy atom. The van der Waals surface area contributed by atoms with E-state index >= 15 is 0 Å². The van der Waals surface area contributed by atoms with Crippen LogP contribution in [-0.4, -0.2) is 21.9 Å². The summed E-state index contributed by atoms with van der Waals surface area (Å²) in [7, 11) is 0. The second-order valence-corrected chi connectivity index (χ2v) is 8.17. The van der Waals surface area contributed by atoms with Crippen LogP contribution in [0.25, 0.3) is 0 Å². The van der Waals surface area contributed by atoms with Crippen molar-refractivity contribution in [2.45, 2.75) is 71.5 Å². The minimum absolute atomic E-state index is 0.0229. The average Bonchev–Trinajstić information content (AvgIpc) is 2.42. The standard InChI is InChI=1S/C20H32O2/c1-14(7-6-11-19(3,4)22)16-10-12-20(5)17(13-16)15(2)8-9-18(20)21/h6-7,11,16-18,21-22H,2,8-10,12-13H2,1,3-5H3/b11-6+,14-7+/t16-,17+,18+,20-/m1/s1. The van der Waals surface area contributed by atoms with E-state index in [4.69, 9.17) is 0 Å². The molecule has 22 heavy (non-hydrogen) atoms. The third-order valence-corrected chi connectivity index (χ3v) is 5.85. The SMILES string of the molecule is C=C1CC[C@H](O)[C@]2(C)CC[C@@H](/C(C)=C/C=C/C(C)(C)O)C[C@@H]12. The van der Waals surface area contributed by atoms with Crippen LogP contribution in [0.1, 0.15) is 59.8 Å². The molecule has 0 aromatic carbocycles. The lowest BCUT2D eigenvalue weighted by Gasteiger charge is -2.51. The number of hydrogen-bond acceptors (Lipinski definition) is 2. The lowest BCUT2D eigenvalue weighted by atomic mass is 9.55. The van der Waals surface area contributed by atoms with Gasteiger partial charge in [0.05, 0.1) is 11.7 Å². The first-order valence-corrected chi connectivity index (χ1v) is 8.57. The van der Waals surface area contributed by atoms with Gasteiger partial charge in [-0.15, -0.1) is 0 Å². The minimum Gasteiger partial charge on any atom is -0.393 e. The maximum Gasteiger partial charge on any atom is 0.0774 e. The van der Waals surface area contributed by atoms with Gasteiger partial charge >= 0.3 is 0 Å². The second-order valence-electron chi connectivity index (χ2n) is 8.17. The molecule has 0 spiro atoms. The molecule has 0 saturated heterocycles. The van der Waals surface area contributed by atoms with Gasteiger partial charge in [-0.25, -0.2) is 0 Å². The van der Waals surface area contributed by atoms with Crippen molar-refractivity contribution in [2.24, 2.45) is 17.3 Å².